The van der Waals surface area contributed by atoms with Crippen molar-refractivity contribution >= 4 is 0 Å². The van der Waals surface area contributed by atoms with E-state index in [1.807, 2.05) is 44.2 Å². The number of benzene rings is 1. The van der Waals surface area contributed by atoms with Gasteiger partial charge in [-0.2, -0.15) is 4.99 Å². The van der Waals surface area contributed by atoms with E-state index in [1.54, 1.807) is 0 Å². The van der Waals surface area contributed by atoms with Gasteiger partial charge in [-0.15, -0.1) is 10.0 Å². The highest BCUT2D eigenvalue weighted by molar-refractivity contribution is 5.22. The predicted molar refractivity (Wildman–Crippen MR) is 50.0 cm³/mol. The summed E-state index contributed by atoms with van der Waals surface area (Å²) in [6.07, 6.45) is 0. The minimum atomic E-state index is -0.777. The molecule has 1 unspecified atom stereocenters. The van der Waals surface area contributed by atoms with E-state index in [0.717, 1.165) is 5.56 Å². The second kappa shape index (κ2) is 3.38. The minimum absolute atomic E-state index is 0.163. The van der Waals surface area contributed by atoms with E-state index in [2.05, 4.69) is 15.4 Å². The Balaban J connectivity index is 2.42. The van der Waals surface area contributed by atoms with Crippen LogP contribution in [0.5, 0.6) is 0 Å². The lowest BCUT2D eigenvalue weighted by Gasteiger charge is -2.24. The van der Waals surface area contributed by atoms with Gasteiger partial charge in [-0.25, -0.2) is 0 Å². The molecule has 0 fully saturated rings. The van der Waals surface area contributed by atoms with Gasteiger partial charge in [-0.05, 0) is 0 Å². The zero-order chi connectivity index (χ0) is 10.0. The first kappa shape index (κ1) is 9.15. The molecule has 1 aromatic carbocycles. The summed E-state index contributed by atoms with van der Waals surface area (Å²) in [7, 11) is 0. The highest BCUT2D eigenvalue weighted by Gasteiger charge is 2.43. The third kappa shape index (κ3) is 1.28. The molecule has 0 aromatic heterocycles. The van der Waals surface area contributed by atoms with E-state index in [4.69, 9.17) is 4.89 Å². The van der Waals surface area contributed by atoms with Crippen LogP contribution in [0.3, 0.4) is 0 Å². The molecule has 1 aliphatic rings. The Morgan fingerprint density at radius 1 is 1.21 bits per heavy atom. The molecule has 1 atom stereocenters. The first-order valence-electron chi connectivity index (χ1n) is 4.58. The fraction of sp³-hybridized carbons (Fsp3) is 0.400. The summed E-state index contributed by atoms with van der Waals surface area (Å²) in [5.41, 5.74) is 0.178. The van der Waals surface area contributed by atoms with Crippen LogP contribution in [0.15, 0.2) is 40.7 Å². The van der Waals surface area contributed by atoms with Gasteiger partial charge >= 0.3 is 0 Å². The maximum atomic E-state index is 5.15. The number of hydrogen-bond donors (Lipinski definition) is 0. The number of nitrogens with zero attached hydrogens (tertiary/aromatic N) is 2. The minimum Gasteiger partial charge on any atom is -0.197 e. The summed E-state index contributed by atoms with van der Waals surface area (Å²) >= 11 is 0. The Morgan fingerprint density at radius 2 is 1.93 bits per heavy atom. The van der Waals surface area contributed by atoms with Crippen LogP contribution in [-0.4, -0.2) is 0 Å². The summed E-state index contributed by atoms with van der Waals surface area (Å²) in [6.45, 7) is 4.03. The molecule has 0 aliphatic carbocycles. The zero-order valence-corrected chi connectivity index (χ0v) is 8.18. The molecule has 1 heterocycles. The molecule has 0 saturated heterocycles. The van der Waals surface area contributed by atoms with Crippen LogP contribution in [-0.2, 0) is 15.6 Å². The van der Waals surface area contributed by atoms with Crippen molar-refractivity contribution in [1.29, 1.82) is 0 Å². The largest absolute Gasteiger partial charge is 0.257 e. The molecule has 0 saturated carbocycles. The van der Waals surface area contributed by atoms with Crippen LogP contribution in [0.25, 0.3) is 0 Å². The van der Waals surface area contributed by atoms with Crippen molar-refractivity contribution in [1.82, 2.24) is 0 Å². The van der Waals surface area contributed by atoms with Gasteiger partial charge in [-0.1, -0.05) is 44.2 Å². The van der Waals surface area contributed by atoms with Crippen molar-refractivity contribution in [3.05, 3.63) is 35.9 Å². The summed E-state index contributed by atoms with van der Waals surface area (Å²) in [6, 6.07) is 9.74. The molecule has 1 aromatic rings. The lowest BCUT2D eigenvalue weighted by atomic mass is 9.92. The van der Waals surface area contributed by atoms with Crippen molar-refractivity contribution < 1.29 is 9.88 Å². The summed E-state index contributed by atoms with van der Waals surface area (Å²) in [5, 5.41) is 7.45. The van der Waals surface area contributed by atoms with Gasteiger partial charge in [0.05, 0.1) is 5.28 Å². The van der Waals surface area contributed by atoms with Crippen molar-refractivity contribution in [2.45, 2.75) is 19.6 Å². The second-order valence-corrected chi connectivity index (χ2v) is 3.56. The topological polar surface area (TPSA) is 43.2 Å². The van der Waals surface area contributed by atoms with Gasteiger partial charge in [0.25, 0.3) is 5.72 Å². The van der Waals surface area contributed by atoms with E-state index < -0.39 is 5.72 Å². The smallest absolute Gasteiger partial charge is 0.197 e. The monoisotopic (exact) mass is 192 g/mol. The van der Waals surface area contributed by atoms with Crippen molar-refractivity contribution in [2.24, 2.45) is 16.3 Å². The SMILES string of the molecule is CC(C)C1(c2ccccc2)N=NOO1. The molecule has 0 radical (unpaired) electrons. The average molecular weight is 192 g/mol. The summed E-state index contributed by atoms with van der Waals surface area (Å²) in [5.74, 6) is 0.163. The van der Waals surface area contributed by atoms with E-state index >= 15 is 0 Å². The molecule has 1 aliphatic heterocycles. The Morgan fingerprint density at radius 3 is 2.43 bits per heavy atom. The molecule has 2 rings (SSSR count). The normalized spacial score (nSPS) is 25.4. The van der Waals surface area contributed by atoms with E-state index in [9.17, 15) is 0 Å². The van der Waals surface area contributed by atoms with Gasteiger partial charge < -0.3 is 0 Å². The van der Waals surface area contributed by atoms with Gasteiger partial charge in [0.15, 0.2) is 0 Å². The molecule has 4 nitrogen and oxygen atoms in total. The molecular formula is C10H12N2O2. The van der Waals surface area contributed by atoms with Crippen LogP contribution in [0.4, 0.5) is 0 Å². The molecule has 0 N–H and O–H groups in total. The average Bonchev–Trinajstić information content (AvgIpc) is 2.69. The molecule has 0 bridgehead atoms. The van der Waals surface area contributed by atoms with Crippen LogP contribution in [0.2, 0.25) is 0 Å². The second-order valence-electron chi connectivity index (χ2n) is 3.56. The highest BCUT2D eigenvalue weighted by atomic mass is 17.3. The zero-order valence-electron chi connectivity index (χ0n) is 8.18. The Kier molecular flexibility index (Phi) is 2.21. The Bertz CT molecular complexity index is 337. The van der Waals surface area contributed by atoms with Crippen molar-refractivity contribution in [3.8, 4) is 0 Å². The fourth-order valence-electron chi connectivity index (χ4n) is 1.50. The van der Waals surface area contributed by atoms with Crippen molar-refractivity contribution in [2.75, 3.05) is 0 Å². The Hall–Kier alpha value is -1.42. The van der Waals surface area contributed by atoms with Gasteiger partial charge in [0.1, 0.15) is 0 Å². The molecule has 74 valence electrons. The number of rotatable bonds is 2. The van der Waals surface area contributed by atoms with Gasteiger partial charge in [-0.3, -0.25) is 0 Å². The maximum absolute atomic E-state index is 5.15. The molecule has 4 heteroatoms. The van der Waals surface area contributed by atoms with Gasteiger partial charge in [0.2, 0.25) is 0 Å². The first-order chi connectivity index (χ1) is 6.76. The standard InChI is InChI=1S/C10H12N2O2/c1-8(2)10(11-12-14-13-10)9-6-4-3-5-7-9/h3-8H,1-2H3. The van der Waals surface area contributed by atoms with Crippen LogP contribution >= 0.6 is 0 Å². The summed E-state index contributed by atoms with van der Waals surface area (Å²) < 4.78 is 0. The lowest BCUT2D eigenvalue weighted by Crippen LogP contribution is -2.29. The van der Waals surface area contributed by atoms with E-state index in [-0.39, 0.29) is 5.92 Å². The van der Waals surface area contributed by atoms with E-state index in [1.165, 1.54) is 0 Å². The molecule has 14 heavy (non-hydrogen) atoms. The van der Waals surface area contributed by atoms with Crippen molar-refractivity contribution in [3.63, 3.8) is 0 Å². The Labute approximate surface area is 82.4 Å². The maximum Gasteiger partial charge on any atom is 0.257 e. The third-order valence-corrected chi connectivity index (χ3v) is 2.36. The highest BCUT2D eigenvalue weighted by Crippen LogP contribution is 2.38. The fourth-order valence-corrected chi connectivity index (χ4v) is 1.50. The molecular weight excluding hydrogens is 180 g/mol. The molecule has 0 spiro atoms. The van der Waals surface area contributed by atoms with E-state index in [0.29, 0.717) is 0 Å². The van der Waals surface area contributed by atoms with Crippen LogP contribution in [0.1, 0.15) is 19.4 Å². The van der Waals surface area contributed by atoms with Crippen LogP contribution in [0, 0.1) is 5.92 Å². The van der Waals surface area contributed by atoms with Crippen LogP contribution < -0.4 is 0 Å². The lowest BCUT2D eigenvalue weighted by molar-refractivity contribution is -0.342. The predicted octanol–water partition coefficient (Wildman–Crippen LogP) is 2.82. The summed E-state index contributed by atoms with van der Waals surface area (Å²) in [4.78, 5) is 9.69. The number of hydrogen-bond acceptors (Lipinski definition) is 4. The quantitative estimate of drug-likeness (QED) is 0.676. The third-order valence-electron chi connectivity index (χ3n) is 2.36. The molecule has 0 amide bonds. The first-order valence-corrected chi connectivity index (χ1v) is 4.58. The van der Waals surface area contributed by atoms with Gasteiger partial charge in [0, 0.05) is 11.5 Å².